The Labute approximate surface area is 190 Å². The molecule has 170 valence electrons. The Kier molecular flexibility index (Phi) is 6.50. The minimum absolute atomic E-state index is 0.345. The van der Waals surface area contributed by atoms with E-state index in [2.05, 4.69) is 13.0 Å². The zero-order chi connectivity index (χ0) is 23.7. The minimum Gasteiger partial charge on any atom is -0.293 e. The van der Waals surface area contributed by atoms with Gasteiger partial charge in [0.15, 0.2) is 5.78 Å². The van der Waals surface area contributed by atoms with Crippen LogP contribution in [0.15, 0.2) is 60.7 Å². The normalized spacial score (nSPS) is 17.8. The molecule has 0 radical (unpaired) electrons. The monoisotopic (exact) mass is 452 g/mol. The average molecular weight is 452 g/mol. The number of allylic oxidation sites excluding steroid dienone is 2. The van der Waals surface area contributed by atoms with Gasteiger partial charge in [-0.05, 0) is 59.2 Å². The fourth-order valence-corrected chi connectivity index (χ4v) is 4.70. The summed E-state index contributed by atoms with van der Waals surface area (Å²) in [5.41, 5.74) is 4.02. The molecule has 3 aromatic rings. The van der Waals surface area contributed by atoms with Crippen LogP contribution in [0.1, 0.15) is 58.8 Å². The van der Waals surface area contributed by atoms with Crippen LogP contribution in [0.2, 0.25) is 0 Å². The Bertz CT molecular complexity index is 1200. The molecular weight excluding hydrogens is 428 g/mol. The van der Waals surface area contributed by atoms with Crippen molar-refractivity contribution in [3.8, 4) is 0 Å². The molecule has 0 N–H and O–H groups in total. The maximum atomic E-state index is 14.5. The highest BCUT2D eigenvalue weighted by Crippen LogP contribution is 2.45. The van der Waals surface area contributed by atoms with Gasteiger partial charge in [0, 0.05) is 24.0 Å². The van der Waals surface area contributed by atoms with E-state index in [4.69, 9.17) is 0 Å². The van der Waals surface area contributed by atoms with Crippen LogP contribution in [0.5, 0.6) is 0 Å². The molecule has 1 aliphatic carbocycles. The van der Waals surface area contributed by atoms with E-state index in [1.165, 1.54) is 17.7 Å². The predicted molar refractivity (Wildman–Crippen MR) is 121 cm³/mol. The summed E-state index contributed by atoms with van der Waals surface area (Å²) in [7, 11) is 0. The molecule has 0 saturated heterocycles. The van der Waals surface area contributed by atoms with Gasteiger partial charge in [0.2, 0.25) is 0 Å². The molecule has 4 rings (SSSR count). The SMILES string of the molecule is CCc1ccc(C2CC(c3ccc(F)cc3)=CC2C(=O)c2c(F)cc(F)cc2F)c(CC)c1. The highest BCUT2D eigenvalue weighted by atomic mass is 19.1. The third-order valence-corrected chi connectivity index (χ3v) is 6.42. The molecule has 2 atom stereocenters. The number of halogens is 4. The fraction of sp³-hybridized carbons (Fsp3) is 0.250. The molecule has 0 aliphatic heterocycles. The van der Waals surface area contributed by atoms with Crippen molar-refractivity contribution in [2.45, 2.75) is 39.0 Å². The summed E-state index contributed by atoms with van der Waals surface area (Å²) in [5.74, 6) is -5.78. The molecule has 2 unspecified atom stereocenters. The van der Waals surface area contributed by atoms with E-state index in [1.54, 1.807) is 18.2 Å². The number of ketones is 1. The molecule has 1 aliphatic rings. The summed E-state index contributed by atoms with van der Waals surface area (Å²) >= 11 is 0. The number of hydrogen-bond donors (Lipinski definition) is 0. The van der Waals surface area contributed by atoms with E-state index in [0.29, 0.717) is 18.6 Å². The lowest BCUT2D eigenvalue weighted by Gasteiger charge is -2.23. The Hall–Kier alpha value is -3.21. The number of rotatable bonds is 6. The summed E-state index contributed by atoms with van der Waals surface area (Å²) in [6.45, 7) is 4.09. The van der Waals surface area contributed by atoms with E-state index >= 15 is 0 Å². The second-order valence-electron chi connectivity index (χ2n) is 8.38. The van der Waals surface area contributed by atoms with Crippen LogP contribution >= 0.6 is 0 Å². The molecular formula is C28H24F4O. The topological polar surface area (TPSA) is 17.1 Å². The largest absolute Gasteiger partial charge is 0.293 e. The van der Waals surface area contributed by atoms with Gasteiger partial charge in [-0.1, -0.05) is 50.3 Å². The van der Waals surface area contributed by atoms with E-state index in [0.717, 1.165) is 35.1 Å². The van der Waals surface area contributed by atoms with Crippen molar-refractivity contribution < 1.29 is 22.4 Å². The Balaban J connectivity index is 1.82. The van der Waals surface area contributed by atoms with Gasteiger partial charge in [0.05, 0.1) is 5.56 Å². The zero-order valence-electron chi connectivity index (χ0n) is 18.5. The molecule has 3 aromatic carbocycles. The van der Waals surface area contributed by atoms with Crippen LogP contribution in [-0.4, -0.2) is 5.78 Å². The van der Waals surface area contributed by atoms with Crippen molar-refractivity contribution in [2.24, 2.45) is 5.92 Å². The Morgan fingerprint density at radius 1 is 0.848 bits per heavy atom. The molecule has 1 nitrogen and oxygen atoms in total. The molecule has 33 heavy (non-hydrogen) atoms. The summed E-state index contributed by atoms with van der Waals surface area (Å²) < 4.78 is 55.9. The molecule has 0 amide bonds. The lowest BCUT2D eigenvalue weighted by Crippen LogP contribution is -2.21. The Morgan fingerprint density at radius 2 is 1.52 bits per heavy atom. The fourth-order valence-electron chi connectivity index (χ4n) is 4.70. The first kappa shape index (κ1) is 23.0. The molecule has 0 saturated carbocycles. The third-order valence-electron chi connectivity index (χ3n) is 6.42. The quantitative estimate of drug-likeness (QED) is 0.281. The smallest absolute Gasteiger partial charge is 0.176 e. The van der Waals surface area contributed by atoms with Gasteiger partial charge < -0.3 is 0 Å². The van der Waals surface area contributed by atoms with Gasteiger partial charge in [-0.3, -0.25) is 4.79 Å². The highest BCUT2D eigenvalue weighted by molar-refractivity contribution is 6.02. The van der Waals surface area contributed by atoms with Crippen LogP contribution in [0.25, 0.3) is 5.57 Å². The van der Waals surface area contributed by atoms with E-state index in [-0.39, 0.29) is 11.7 Å². The average Bonchev–Trinajstić information content (AvgIpc) is 3.23. The first-order valence-electron chi connectivity index (χ1n) is 11.1. The van der Waals surface area contributed by atoms with Gasteiger partial charge in [-0.15, -0.1) is 0 Å². The van der Waals surface area contributed by atoms with E-state index < -0.39 is 34.7 Å². The lowest BCUT2D eigenvalue weighted by atomic mass is 9.80. The molecule has 0 bridgehead atoms. The molecule has 0 aromatic heterocycles. The highest BCUT2D eigenvalue weighted by Gasteiger charge is 2.38. The number of carbonyl (C=O) groups is 1. The number of carbonyl (C=O) groups excluding carboxylic acids is 1. The summed E-state index contributed by atoms with van der Waals surface area (Å²) in [4.78, 5) is 13.4. The molecule has 5 heteroatoms. The summed E-state index contributed by atoms with van der Waals surface area (Å²) in [6.07, 6.45) is 3.79. The van der Waals surface area contributed by atoms with Crippen molar-refractivity contribution in [3.63, 3.8) is 0 Å². The summed E-state index contributed by atoms with van der Waals surface area (Å²) in [5, 5.41) is 0. The number of aryl methyl sites for hydroxylation is 2. The van der Waals surface area contributed by atoms with E-state index in [1.807, 2.05) is 19.1 Å². The molecule has 0 fully saturated rings. The second kappa shape index (κ2) is 9.34. The molecule has 0 spiro atoms. The predicted octanol–water partition coefficient (Wildman–Crippen LogP) is 7.44. The first-order valence-corrected chi connectivity index (χ1v) is 11.1. The third kappa shape index (κ3) is 4.50. The van der Waals surface area contributed by atoms with Crippen molar-refractivity contribution in [2.75, 3.05) is 0 Å². The second-order valence-corrected chi connectivity index (χ2v) is 8.38. The lowest BCUT2D eigenvalue weighted by molar-refractivity contribution is 0.0926. The van der Waals surface area contributed by atoms with Crippen molar-refractivity contribution >= 4 is 11.4 Å². The van der Waals surface area contributed by atoms with Crippen molar-refractivity contribution in [3.05, 3.63) is 112 Å². The van der Waals surface area contributed by atoms with Crippen molar-refractivity contribution in [1.82, 2.24) is 0 Å². The zero-order valence-corrected chi connectivity index (χ0v) is 18.5. The standard InChI is InChI=1S/C28H24F4O/c1-3-16-5-10-22(17(4-2)11-16)23-12-19(18-6-8-20(29)9-7-18)13-24(23)28(33)27-25(31)14-21(30)15-26(27)32/h5-11,13-15,23-24H,3-4,12H2,1-2H3. The van der Waals surface area contributed by atoms with Crippen LogP contribution in [0.4, 0.5) is 17.6 Å². The number of hydrogen-bond acceptors (Lipinski definition) is 1. The van der Waals surface area contributed by atoms with E-state index in [9.17, 15) is 22.4 Å². The van der Waals surface area contributed by atoms with Crippen LogP contribution < -0.4 is 0 Å². The molecule has 0 heterocycles. The van der Waals surface area contributed by atoms with Crippen LogP contribution in [0.3, 0.4) is 0 Å². The van der Waals surface area contributed by atoms with Crippen LogP contribution in [-0.2, 0) is 12.8 Å². The van der Waals surface area contributed by atoms with Gasteiger partial charge >= 0.3 is 0 Å². The summed E-state index contributed by atoms with van der Waals surface area (Å²) in [6, 6.07) is 13.1. The number of benzene rings is 3. The maximum Gasteiger partial charge on any atom is 0.176 e. The first-order chi connectivity index (χ1) is 15.8. The van der Waals surface area contributed by atoms with Gasteiger partial charge in [-0.25, -0.2) is 17.6 Å². The van der Waals surface area contributed by atoms with Gasteiger partial charge in [0.25, 0.3) is 0 Å². The van der Waals surface area contributed by atoms with Gasteiger partial charge in [0.1, 0.15) is 23.3 Å². The van der Waals surface area contributed by atoms with Crippen LogP contribution in [0, 0.1) is 29.2 Å². The minimum atomic E-state index is -1.21. The Morgan fingerprint density at radius 3 is 2.12 bits per heavy atom. The van der Waals surface area contributed by atoms with Crippen molar-refractivity contribution in [1.29, 1.82) is 0 Å². The number of Topliss-reactive ketones (excluding diaryl/α,β-unsaturated/α-hetero) is 1. The van der Waals surface area contributed by atoms with Gasteiger partial charge in [-0.2, -0.15) is 0 Å². The maximum absolute atomic E-state index is 14.5.